The van der Waals surface area contributed by atoms with E-state index < -0.39 is 5.60 Å². The van der Waals surface area contributed by atoms with Crippen LogP contribution in [0.15, 0.2) is 30.3 Å². The number of carbonyl (C=O) groups is 1. The third-order valence-corrected chi connectivity index (χ3v) is 2.50. The Labute approximate surface area is 110 Å². The molecule has 18 heavy (non-hydrogen) atoms. The highest BCUT2D eigenvalue weighted by Crippen LogP contribution is 2.21. The van der Waals surface area contributed by atoms with Crippen molar-refractivity contribution < 1.29 is 9.53 Å². The number of rotatable bonds is 3. The van der Waals surface area contributed by atoms with Crippen LogP contribution in [-0.4, -0.2) is 11.7 Å². The molecule has 1 atom stereocenters. The van der Waals surface area contributed by atoms with Gasteiger partial charge in [0.2, 0.25) is 0 Å². The van der Waals surface area contributed by atoms with Gasteiger partial charge in [0.1, 0.15) is 5.60 Å². The Morgan fingerprint density at radius 1 is 1.17 bits per heavy atom. The number of alkyl carbamates (subject to hydrolysis) is 1. The summed E-state index contributed by atoms with van der Waals surface area (Å²) >= 11 is 0. The fraction of sp³-hybridized carbons (Fsp3) is 0.533. The Hall–Kier alpha value is -1.51. The first-order valence-electron chi connectivity index (χ1n) is 6.34. The van der Waals surface area contributed by atoms with Crippen molar-refractivity contribution in [3.63, 3.8) is 0 Å². The maximum atomic E-state index is 11.8. The molecule has 0 fully saturated rings. The molecular weight excluding hydrogens is 226 g/mol. The van der Waals surface area contributed by atoms with Crippen LogP contribution in [-0.2, 0) is 4.74 Å². The summed E-state index contributed by atoms with van der Waals surface area (Å²) in [7, 11) is 0. The summed E-state index contributed by atoms with van der Waals surface area (Å²) in [5.41, 5.74) is 0.626. The van der Waals surface area contributed by atoms with Gasteiger partial charge in [0.05, 0.1) is 6.04 Å². The van der Waals surface area contributed by atoms with Crippen LogP contribution in [0, 0.1) is 5.92 Å². The van der Waals surface area contributed by atoms with Crippen LogP contribution in [0.2, 0.25) is 0 Å². The number of hydrogen-bond donors (Lipinski definition) is 1. The zero-order valence-electron chi connectivity index (χ0n) is 11.9. The fourth-order valence-electron chi connectivity index (χ4n) is 1.73. The predicted molar refractivity (Wildman–Crippen MR) is 73.4 cm³/mol. The first-order valence-corrected chi connectivity index (χ1v) is 6.34. The van der Waals surface area contributed by atoms with Crippen LogP contribution in [0.25, 0.3) is 0 Å². The van der Waals surface area contributed by atoms with Gasteiger partial charge in [0, 0.05) is 0 Å². The number of benzene rings is 1. The van der Waals surface area contributed by atoms with Gasteiger partial charge in [-0.3, -0.25) is 0 Å². The highest BCUT2D eigenvalue weighted by molar-refractivity contribution is 5.68. The summed E-state index contributed by atoms with van der Waals surface area (Å²) in [5.74, 6) is 0.305. The normalized spacial score (nSPS) is 13.2. The Morgan fingerprint density at radius 3 is 2.17 bits per heavy atom. The molecule has 1 aromatic rings. The molecule has 0 aliphatic heterocycles. The average molecular weight is 249 g/mol. The van der Waals surface area contributed by atoms with Crippen LogP contribution in [0.4, 0.5) is 4.79 Å². The summed E-state index contributed by atoms with van der Waals surface area (Å²) in [6.07, 6.45) is -0.370. The lowest BCUT2D eigenvalue weighted by Crippen LogP contribution is -2.36. The molecule has 0 heterocycles. The molecule has 3 nitrogen and oxygen atoms in total. The smallest absolute Gasteiger partial charge is 0.408 e. The quantitative estimate of drug-likeness (QED) is 0.882. The van der Waals surface area contributed by atoms with E-state index in [9.17, 15) is 4.79 Å². The van der Waals surface area contributed by atoms with Gasteiger partial charge < -0.3 is 10.1 Å². The zero-order valence-corrected chi connectivity index (χ0v) is 11.9. The molecule has 0 aliphatic carbocycles. The van der Waals surface area contributed by atoms with Crippen molar-refractivity contribution in [3.8, 4) is 0 Å². The summed E-state index contributed by atoms with van der Waals surface area (Å²) in [5, 5.41) is 2.93. The van der Waals surface area contributed by atoms with Gasteiger partial charge >= 0.3 is 6.09 Å². The van der Waals surface area contributed by atoms with Crippen LogP contribution in [0.5, 0.6) is 0 Å². The van der Waals surface area contributed by atoms with Crippen molar-refractivity contribution >= 4 is 6.09 Å². The van der Waals surface area contributed by atoms with Crippen LogP contribution < -0.4 is 5.32 Å². The predicted octanol–water partition coefficient (Wildman–Crippen LogP) is 3.91. The van der Waals surface area contributed by atoms with Crippen molar-refractivity contribution in [2.24, 2.45) is 5.92 Å². The molecule has 0 radical (unpaired) electrons. The van der Waals surface area contributed by atoms with E-state index >= 15 is 0 Å². The molecule has 0 aromatic heterocycles. The van der Waals surface area contributed by atoms with E-state index in [1.807, 2.05) is 51.1 Å². The largest absolute Gasteiger partial charge is 0.444 e. The van der Waals surface area contributed by atoms with Crippen molar-refractivity contribution in [1.29, 1.82) is 0 Å². The second-order valence-corrected chi connectivity index (χ2v) is 5.78. The van der Waals surface area contributed by atoms with Gasteiger partial charge in [-0.15, -0.1) is 0 Å². The highest BCUT2D eigenvalue weighted by Gasteiger charge is 2.22. The topological polar surface area (TPSA) is 38.3 Å². The van der Waals surface area contributed by atoms with E-state index in [-0.39, 0.29) is 12.1 Å². The molecule has 1 rings (SSSR count). The third kappa shape index (κ3) is 4.78. The van der Waals surface area contributed by atoms with Gasteiger partial charge in [0.15, 0.2) is 0 Å². The number of amides is 1. The molecule has 0 spiro atoms. The molecule has 0 aliphatic rings. The van der Waals surface area contributed by atoms with Crippen molar-refractivity contribution in [3.05, 3.63) is 35.9 Å². The molecule has 0 bridgehead atoms. The molecule has 3 heteroatoms. The third-order valence-electron chi connectivity index (χ3n) is 2.50. The van der Waals surface area contributed by atoms with Crippen molar-refractivity contribution in [2.45, 2.75) is 46.3 Å². The Kier molecular flexibility index (Phi) is 4.76. The standard InChI is InChI=1S/C15H23NO2/c1-11(2)13(12-9-7-6-8-10-12)16-14(17)18-15(3,4)5/h6-11,13H,1-5H3,(H,16,17). The number of nitrogens with one attached hydrogen (secondary N) is 1. The zero-order chi connectivity index (χ0) is 13.8. The van der Waals surface area contributed by atoms with Gasteiger partial charge in [-0.05, 0) is 32.3 Å². The Bertz CT molecular complexity index is 379. The van der Waals surface area contributed by atoms with E-state index in [2.05, 4.69) is 19.2 Å². The monoisotopic (exact) mass is 249 g/mol. The summed E-state index contributed by atoms with van der Waals surface area (Å²) in [6, 6.07) is 9.92. The summed E-state index contributed by atoms with van der Waals surface area (Å²) < 4.78 is 5.29. The second kappa shape index (κ2) is 5.89. The average Bonchev–Trinajstić information content (AvgIpc) is 2.24. The van der Waals surface area contributed by atoms with Gasteiger partial charge in [-0.1, -0.05) is 44.2 Å². The summed E-state index contributed by atoms with van der Waals surface area (Å²) in [6.45, 7) is 9.74. The minimum atomic E-state index is -0.470. The molecular formula is C15H23NO2. The first kappa shape index (κ1) is 14.6. The molecule has 1 unspecified atom stereocenters. The van der Waals surface area contributed by atoms with E-state index in [4.69, 9.17) is 4.74 Å². The molecule has 100 valence electrons. The van der Waals surface area contributed by atoms with E-state index in [1.54, 1.807) is 0 Å². The molecule has 1 aromatic carbocycles. The maximum absolute atomic E-state index is 11.8. The highest BCUT2D eigenvalue weighted by atomic mass is 16.6. The SMILES string of the molecule is CC(C)C(NC(=O)OC(C)(C)C)c1ccccc1. The van der Waals surface area contributed by atoms with Crippen molar-refractivity contribution in [2.75, 3.05) is 0 Å². The lowest BCUT2D eigenvalue weighted by atomic mass is 9.96. The van der Waals surface area contributed by atoms with Gasteiger partial charge in [-0.25, -0.2) is 4.79 Å². The molecule has 1 amide bonds. The van der Waals surface area contributed by atoms with E-state index in [0.29, 0.717) is 5.92 Å². The first-order chi connectivity index (χ1) is 8.29. The number of carbonyl (C=O) groups excluding carboxylic acids is 1. The van der Waals surface area contributed by atoms with Crippen LogP contribution >= 0.6 is 0 Å². The molecule has 0 saturated heterocycles. The fourth-order valence-corrected chi connectivity index (χ4v) is 1.73. The minimum absolute atomic E-state index is 0.0268. The number of ether oxygens (including phenoxy) is 1. The lowest BCUT2D eigenvalue weighted by Gasteiger charge is -2.26. The molecule has 1 N–H and O–H groups in total. The van der Waals surface area contributed by atoms with Gasteiger partial charge in [0.25, 0.3) is 0 Å². The van der Waals surface area contributed by atoms with Crippen molar-refractivity contribution in [1.82, 2.24) is 5.32 Å². The van der Waals surface area contributed by atoms with Crippen LogP contribution in [0.1, 0.15) is 46.2 Å². The maximum Gasteiger partial charge on any atom is 0.408 e. The Balaban J connectivity index is 2.74. The van der Waals surface area contributed by atoms with Gasteiger partial charge in [-0.2, -0.15) is 0 Å². The second-order valence-electron chi connectivity index (χ2n) is 5.78. The molecule has 0 saturated carbocycles. The lowest BCUT2D eigenvalue weighted by molar-refractivity contribution is 0.0489. The number of hydrogen-bond acceptors (Lipinski definition) is 2. The van der Waals surface area contributed by atoms with E-state index in [1.165, 1.54) is 0 Å². The minimum Gasteiger partial charge on any atom is -0.444 e. The van der Waals surface area contributed by atoms with E-state index in [0.717, 1.165) is 5.56 Å². The van der Waals surface area contributed by atoms with Crippen LogP contribution in [0.3, 0.4) is 0 Å². The Morgan fingerprint density at radius 2 is 1.72 bits per heavy atom. The summed E-state index contributed by atoms with van der Waals surface area (Å²) in [4.78, 5) is 11.8.